The SMILES string of the molecule is C/C=C/C[C@@H](C)[C@@H](O)[C@H]1C(=O)CN(C)[C@H](OC)C(=O)CCCN1C. The molecule has 138 valence electrons. The van der Waals surface area contributed by atoms with Crippen molar-refractivity contribution in [2.45, 2.75) is 51.5 Å². The molecule has 1 rings (SSSR count). The number of hydrogen-bond acceptors (Lipinski definition) is 6. The first kappa shape index (κ1) is 21.0. The molecule has 1 N–H and O–H groups in total. The molecule has 1 aliphatic rings. The fraction of sp³-hybridized carbons (Fsp3) is 0.778. The van der Waals surface area contributed by atoms with E-state index in [-0.39, 0.29) is 24.0 Å². The van der Waals surface area contributed by atoms with E-state index < -0.39 is 18.4 Å². The number of likely N-dealkylation sites (N-methyl/N-ethyl adjacent to an activating group) is 2. The predicted molar refractivity (Wildman–Crippen MR) is 93.7 cm³/mol. The Hall–Kier alpha value is -1.08. The lowest BCUT2D eigenvalue weighted by atomic mass is 9.90. The Morgan fingerprint density at radius 2 is 1.96 bits per heavy atom. The summed E-state index contributed by atoms with van der Waals surface area (Å²) in [5.74, 6) is -0.121. The summed E-state index contributed by atoms with van der Waals surface area (Å²) >= 11 is 0. The highest BCUT2D eigenvalue weighted by Gasteiger charge is 2.36. The summed E-state index contributed by atoms with van der Waals surface area (Å²) < 4.78 is 5.26. The Morgan fingerprint density at radius 3 is 2.54 bits per heavy atom. The van der Waals surface area contributed by atoms with Crippen LogP contribution in [0.5, 0.6) is 0 Å². The third-order valence-electron chi connectivity index (χ3n) is 4.69. The van der Waals surface area contributed by atoms with Crippen molar-refractivity contribution in [3.63, 3.8) is 0 Å². The average Bonchev–Trinajstić information content (AvgIpc) is 2.52. The molecule has 0 amide bonds. The molecule has 6 nitrogen and oxygen atoms in total. The second kappa shape index (κ2) is 10.0. The third kappa shape index (κ3) is 5.48. The van der Waals surface area contributed by atoms with Gasteiger partial charge in [-0.2, -0.15) is 0 Å². The number of ether oxygens (including phenoxy) is 1. The first-order chi connectivity index (χ1) is 11.3. The summed E-state index contributed by atoms with van der Waals surface area (Å²) in [5, 5.41) is 10.7. The van der Waals surface area contributed by atoms with Gasteiger partial charge in [0.2, 0.25) is 0 Å². The maximum atomic E-state index is 12.8. The molecule has 0 unspecified atom stereocenters. The minimum atomic E-state index is -0.747. The number of allylic oxidation sites excluding steroid dienone is 2. The highest BCUT2D eigenvalue weighted by Crippen LogP contribution is 2.19. The number of aliphatic hydroxyl groups is 1. The number of carbonyl (C=O) groups is 2. The summed E-state index contributed by atoms with van der Waals surface area (Å²) in [6.07, 6.45) is 4.28. The number of methoxy groups -OCH3 is 1. The molecule has 0 radical (unpaired) electrons. The van der Waals surface area contributed by atoms with Crippen LogP contribution in [0.25, 0.3) is 0 Å². The van der Waals surface area contributed by atoms with E-state index in [0.717, 1.165) is 6.42 Å². The molecule has 1 heterocycles. The Bertz CT molecular complexity index is 452. The molecule has 1 fully saturated rings. The molecular formula is C18H32N2O4. The van der Waals surface area contributed by atoms with Crippen LogP contribution in [0.15, 0.2) is 12.2 Å². The zero-order valence-electron chi connectivity index (χ0n) is 15.6. The number of carbonyl (C=O) groups excluding carboxylic acids is 2. The van der Waals surface area contributed by atoms with Gasteiger partial charge in [-0.25, -0.2) is 0 Å². The van der Waals surface area contributed by atoms with Crippen LogP contribution in [0.1, 0.15) is 33.1 Å². The molecule has 0 aromatic heterocycles. The Balaban J connectivity index is 2.96. The van der Waals surface area contributed by atoms with E-state index in [0.29, 0.717) is 19.4 Å². The van der Waals surface area contributed by atoms with E-state index >= 15 is 0 Å². The fourth-order valence-electron chi connectivity index (χ4n) is 3.24. The number of hydrogen-bond donors (Lipinski definition) is 1. The summed E-state index contributed by atoms with van der Waals surface area (Å²) in [6.45, 7) is 4.56. The Labute approximate surface area is 145 Å². The van der Waals surface area contributed by atoms with Crippen LogP contribution in [-0.2, 0) is 14.3 Å². The van der Waals surface area contributed by atoms with Gasteiger partial charge < -0.3 is 9.84 Å². The summed E-state index contributed by atoms with van der Waals surface area (Å²) in [7, 11) is 5.03. The van der Waals surface area contributed by atoms with Gasteiger partial charge >= 0.3 is 0 Å². The molecule has 24 heavy (non-hydrogen) atoms. The lowest BCUT2D eigenvalue weighted by Crippen LogP contribution is -2.55. The smallest absolute Gasteiger partial charge is 0.176 e. The highest BCUT2D eigenvalue weighted by molar-refractivity contribution is 5.88. The summed E-state index contributed by atoms with van der Waals surface area (Å²) in [6, 6.07) is -0.571. The minimum Gasteiger partial charge on any atom is -0.391 e. The van der Waals surface area contributed by atoms with Crippen LogP contribution in [0.3, 0.4) is 0 Å². The normalized spacial score (nSPS) is 28.2. The lowest BCUT2D eigenvalue weighted by molar-refractivity contribution is -0.144. The van der Waals surface area contributed by atoms with Crippen LogP contribution in [0.4, 0.5) is 0 Å². The van der Waals surface area contributed by atoms with Crippen LogP contribution in [0, 0.1) is 5.92 Å². The van der Waals surface area contributed by atoms with E-state index in [4.69, 9.17) is 4.74 Å². The van der Waals surface area contributed by atoms with Crippen LogP contribution in [-0.4, -0.2) is 79.1 Å². The molecular weight excluding hydrogens is 308 g/mol. The van der Waals surface area contributed by atoms with Gasteiger partial charge in [-0.1, -0.05) is 19.1 Å². The van der Waals surface area contributed by atoms with Gasteiger partial charge in [-0.3, -0.25) is 19.4 Å². The summed E-state index contributed by atoms with van der Waals surface area (Å²) in [5.41, 5.74) is 0. The standard InChI is InChI=1S/C18H32N2O4/c1-6-7-9-13(2)17(23)16-15(22)12-20(4)18(24-5)14(21)10-8-11-19(16)3/h6-7,13,16-18,23H,8-12H2,1-5H3/b7-6+/t13-,16-,17-,18-/m1/s1. The van der Waals surface area contributed by atoms with E-state index in [2.05, 4.69) is 0 Å². The topological polar surface area (TPSA) is 70.1 Å². The van der Waals surface area contributed by atoms with Gasteiger partial charge in [0.15, 0.2) is 17.8 Å². The molecule has 0 spiro atoms. The zero-order chi connectivity index (χ0) is 18.3. The van der Waals surface area contributed by atoms with Crippen molar-refractivity contribution in [2.75, 3.05) is 34.3 Å². The maximum Gasteiger partial charge on any atom is 0.176 e. The number of nitrogens with zero attached hydrogens (tertiary/aromatic N) is 2. The highest BCUT2D eigenvalue weighted by atomic mass is 16.5. The van der Waals surface area contributed by atoms with Gasteiger partial charge in [-0.05, 0) is 46.3 Å². The molecule has 6 heteroatoms. The molecule has 0 saturated carbocycles. The Kier molecular flexibility index (Phi) is 8.76. The number of ketones is 2. The average molecular weight is 340 g/mol. The molecule has 4 atom stereocenters. The molecule has 1 aliphatic heterocycles. The molecule has 0 aliphatic carbocycles. The fourth-order valence-corrected chi connectivity index (χ4v) is 3.24. The van der Waals surface area contributed by atoms with Gasteiger partial charge in [0.25, 0.3) is 0 Å². The predicted octanol–water partition coefficient (Wildman–Crippen LogP) is 1.09. The third-order valence-corrected chi connectivity index (χ3v) is 4.69. The second-order valence-electron chi connectivity index (χ2n) is 6.74. The van der Waals surface area contributed by atoms with Crippen LogP contribution >= 0.6 is 0 Å². The molecule has 0 aromatic rings. The maximum absolute atomic E-state index is 12.8. The first-order valence-electron chi connectivity index (χ1n) is 8.61. The number of Topliss-reactive ketones (excluding diaryl/α,β-unsaturated/α-hetero) is 2. The minimum absolute atomic E-state index is 0.0124. The van der Waals surface area contributed by atoms with Gasteiger partial charge in [0.1, 0.15) is 0 Å². The monoisotopic (exact) mass is 340 g/mol. The first-order valence-corrected chi connectivity index (χ1v) is 8.61. The van der Waals surface area contributed by atoms with Crippen molar-refractivity contribution < 1.29 is 19.4 Å². The molecule has 1 saturated heterocycles. The quantitative estimate of drug-likeness (QED) is 0.756. The summed E-state index contributed by atoms with van der Waals surface area (Å²) in [4.78, 5) is 28.5. The van der Waals surface area contributed by atoms with E-state index in [9.17, 15) is 14.7 Å². The van der Waals surface area contributed by atoms with Gasteiger partial charge in [0.05, 0.1) is 18.7 Å². The van der Waals surface area contributed by atoms with Crippen molar-refractivity contribution in [1.82, 2.24) is 9.80 Å². The lowest BCUT2D eigenvalue weighted by Gasteiger charge is -2.36. The van der Waals surface area contributed by atoms with E-state index in [1.807, 2.05) is 37.9 Å². The Morgan fingerprint density at radius 1 is 1.29 bits per heavy atom. The van der Waals surface area contributed by atoms with Crippen LogP contribution in [0.2, 0.25) is 0 Å². The van der Waals surface area contributed by atoms with Crippen molar-refractivity contribution in [3.8, 4) is 0 Å². The molecule has 0 bridgehead atoms. The number of aliphatic hydroxyl groups excluding tert-OH is 1. The van der Waals surface area contributed by atoms with E-state index in [1.54, 1.807) is 11.9 Å². The second-order valence-corrected chi connectivity index (χ2v) is 6.74. The zero-order valence-corrected chi connectivity index (χ0v) is 15.6. The number of rotatable bonds is 5. The van der Waals surface area contributed by atoms with Gasteiger partial charge in [-0.15, -0.1) is 0 Å². The molecule has 0 aromatic carbocycles. The van der Waals surface area contributed by atoms with Crippen molar-refractivity contribution >= 4 is 11.6 Å². The van der Waals surface area contributed by atoms with Crippen LogP contribution < -0.4 is 0 Å². The largest absolute Gasteiger partial charge is 0.391 e. The van der Waals surface area contributed by atoms with Crippen molar-refractivity contribution in [3.05, 3.63) is 12.2 Å². The van der Waals surface area contributed by atoms with Gasteiger partial charge in [0, 0.05) is 13.5 Å². The van der Waals surface area contributed by atoms with E-state index in [1.165, 1.54) is 7.11 Å². The van der Waals surface area contributed by atoms with Crippen molar-refractivity contribution in [2.24, 2.45) is 5.92 Å². The van der Waals surface area contributed by atoms with Crippen molar-refractivity contribution in [1.29, 1.82) is 0 Å².